The fraction of sp³-hybridized carbons (Fsp3) is 0.235. The first-order valence-electron chi connectivity index (χ1n) is 7.00. The molecule has 2 aromatic carbocycles. The summed E-state index contributed by atoms with van der Waals surface area (Å²) >= 11 is 0. The van der Waals surface area contributed by atoms with Crippen LogP contribution < -0.4 is 11.1 Å². The van der Waals surface area contributed by atoms with Gasteiger partial charge in [0.15, 0.2) is 0 Å². The molecule has 0 aliphatic rings. The van der Waals surface area contributed by atoms with E-state index in [1.807, 2.05) is 18.2 Å². The molecule has 2 rings (SSSR count). The van der Waals surface area contributed by atoms with E-state index in [-0.39, 0.29) is 6.42 Å². The Balaban J connectivity index is 1.84. The molecule has 0 amide bonds. The summed E-state index contributed by atoms with van der Waals surface area (Å²) in [7, 11) is 0. The molecule has 1 unspecified atom stereocenters. The number of hydrogen-bond donors (Lipinski definition) is 3. The Hall–Kier alpha value is -2.17. The minimum Gasteiger partial charge on any atom is -0.481 e. The van der Waals surface area contributed by atoms with Crippen LogP contribution in [0.4, 0.5) is 0 Å². The standard InChI is InChI=1S/C17H20N2O2/c18-16(12-17(20)21)19-11-10-13-6-8-15(9-7-13)14-4-2-1-3-5-14/h1-9,16,19H,10-12,18H2,(H,20,21). The van der Waals surface area contributed by atoms with E-state index < -0.39 is 12.1 Å². The number of nitrogens with one attached hydrogen (secondary N) is 1. The van der Waals surface area contributed by atoms with E-state index in [1.165, 1.54) is 16.7 Å². The molecule has 0 aliphatic carbocycles. The zero-order valence-electron chi connectivity index (χ0n) is 11.8. The van der Waals surface area contributed by atoms with E-state index in [0.717, 1.165) is 6.42 Å². The number of benzene rings is 2. The molecule has 110 valence electrons. The predicted octanol–water partition coefficient (Wildman–Crippen LogP) is 2.25. The number of aliphatic carboxylic acids is 1. The van der Waals surface area contributed by atoms with Crippen LogP contribution in [0.1, 0.15) is 12.0 Å². The van der Waals surface area contributed by atoms with Crippen molar-refractivity contribution in [1.82, 2.24) is 5.32 Å². The van der Waals surface area contributed by atoms with Crippen LogP contribution in [-0.2, 0) is 11.2 Å². The van der Waals surface area contributed by atoms with Gasteiger partial charge in [0.05, 0.1) is 12.6 Å². The molecule has 0 radical (unpaired) electrons. The van der Waals surface area contributed by atoms with E-state index in [1.54, 1.807) is 0 Å². The molecule has 0 bridgehead atoms. The molecule has 0 aromatic heterocycles. The highest BCUT2D eigenvalue weighted by Gasteiger charge is 2.06. The Morgan fingerprint density at radius 1 is 1.05 bits per heavy atom. The van der Waals surface area contributed by atoms with Gasteiger partial charge in [-0.2, -0.15) is 0 Å². The summed E-state index contributed by atoms with van der Waals surface area (Å²) in [5, 5.41) is 11.6. The van der Waals surface area contributed by atoms with Gasteiger partial charge in [0.2, 0.25) is 0 Å². The first-order chi connectivity index (χ1) is 10.1. The Labute approximate surface area is 124 Å². The SMILES string of the molecule is NC(CC(=O)O)NCCc1ccc(-c2ccccc2)cc1. The van der Waals surface area contributed by atoms with Crippen molar-refractivity contribution >= 4 is 5.97 Å². The quantitative estimate of drug-likeness (QED) is 0.682. The molecular weight excluding hydrogens is 264 g/mol. The lowest BCUT2D eigenvalue weighted by atomic mass is 10.0. The molecule has 4 heteroatoms. The topological polar surface area (TPSA) is 75.4 Å². The van der Waals surface area contributed by atoms with Gasteiger partial charge >= 0.3 is 5.97 Å². The van der Waals surface area contributed by atoms with Gasteiger partial charge in [-0.25, -0.2) is 0 Å². The van der Waals surface area contributed by atoms with Crippen LogP contribution in [0, 0.1) is 0 Å². The van der Waals surface area contributed by atoms with E-state index >= 15 is 0 Å². The predicted molar refractivity (Wildman–Crippen MR) is 83.8 cm³/mol. The number of carbonyl (C=O) groups is 1. The number of carboxylic acid groups (broad SMARTS) is 1. The van der Waals surface area contributed by atoms with E-state index in [4.69, 9.17) is 10.8 Å². The number of hydrogen-bond acceptors (Lipinski definition) is 3. The lowest BCUT2D eigenvalue weighted by Crippen LogP contribution is -2.40. The maximum absolute atomic E-state index is 10.5. The van der Waals surface area contributed by atoms with Gasteiger partial charge in [0.1, 0.15) is 0 Å². The smallest absolute Gasteiger partial charge is 0.306 e. The van der Waals surface area contributed by atoms with Gasteiger partial charge in [-0.15, -0.1) is 0 Å². The fourth-order valence-electron chi connectivity index (χ4n) is 2.16. The Morgan fingerprint density at radius 2 is 1.67 bits per heavy atom. The zero-order valence-corrected chi connectivity index (χ0v) is 11.8. The molecule has 0 spiro atoms. The summed E-state index contributed by atoms with van der Waals surface area (Å²) in [4.78, 5) is 10.5. The van der Waals surface area contributed by atoms with Gasteiger partial charge in [-0.05, 0) is 23.1 Å². The number of rotatable bonds is 7. The number of carboxylic acids is 1. The summed E-state index contributed by atoms with van der Waals surface area (Å²) in [6.45, 7) is 0.666. The molecule has 0 saturated carbocycles. The normalized spacial score (nSPS) is 12.0. The summed E-state index contributed by atoms with van der Waals surface area (Å²) in [5.41, 5.74) is 9.24. The first-order valence-corrected chi connectivity index (χ1v) is 7.00. The van der Waals surface area contributed by atoms with Gasteiger partial charge in [0, 0.05) is 6.54 Å². The van der Waals surface area contributed by atoms with Crippen LogP contribution in [-0.4, -0.2) is 23.8 Å². The molecule has 4 nitrogen and oxygen atoms in total. The fourth-order valence-corrected chi connectivity index (χ4v) is 2.16. The minimum absolute atomic E-state index is 0.0626. The minimum atomic E-state index is -0.887. The highest BCUT2D eigenvalue weighted by molar-refractivity contribution is 5.67. The third-order valence-corrected chi connectivity index (χ3v) is 3.28. The van der Waals surface area contributed by atoms with Crippen LogP contribution in [0.15, 0.2) is 54.6 Å². The van der Waals surface area contributed by atoms with Crippen molar-refractivity contribution in [2.75, 3.05) is 6.54 Å². The first kappa shape index (κ1) is 15.2. The third kappa shape index (κ3) is 5.02. The van der Waals surface area contributed by atoms with E-state index in [9.17, 15) is 4.79 Å². The molecule has 0 aliphatic heterocycles. The highest BCUT2D eigenvalue weighted by atomic mass is 16.4. The van der Waals surface area contributed by atoms with Crippen LogP contribution in [0.3, 0.4) is 0 Å². The maximum atomic E-state index is 10.5. The van der Waals surface area contributed by atoms with Crippen molar-refractivity contribution in [3.05, 3.63) is 60.2 Å². The third-order valence-electron chi connectivity index (χ3n) is 3.28. The van der Waals surface area contributed by atoms with Crippen molar-refractivity contribution in [3.63, 3.8) is 0 Å². The summed E-state index contributed by atoms with van der Waals surface area (Å²) in [5.74, 6) is -0.887. The van der Waals surface area contributed by atoms with E-state index in [2.05, 4.69) is 41.7 Å². The summed E-state index contributed by atoms with van der Waals surface area (Å²) < 4.78 is 0. The molecule has 2 aromatic rings. The van der Waals surface area contributed by atoms with Gasteiger partial charge in [-0.3, -0.25) is 4.79 Å². The molecule has 4 N–H and O–H groups in total. The van der Waals surface area contributed by atoms with Gasteiger partial charge in [0.25, 0.3) is 0 Å². The second-order valence-corrected chi connectivity index (χ2v) is 4.97. The average Bonchev–Trinajstić information content (AvgIpc) is 2.48. The number of nitrogens with two attached hydrogens (primary N) is 1. The van der Waals surface area contributed by atoms with Crippen molar-refractivity contribution in [1.29, 1.82) is 0 Å². The van der Waals surface area contributed by atoms with Crippen LogP contribution in [0.2, 0.25) is 0 Å². The highest BCUT2D eigenvalue weighted by Crippen LogP contribution is 2.19. The monoisotopic (exact) mass is 284 g/mol. The molecule has 0 saturated heterocycles. The van der Waals surface area contributed by atoms with Gasteiger partial charge in [-0.1, -0.05) is 54.6 Å². The second-order valence-electron chi connectivity index (χ2n) is 4.97. The Morgan fingerprint density at radius 3 is 2.29 bits per heavy atom. The van der Waals surface area contributed by atoms with Crippen molar-refractivity contribution in [2.24, 2.45) is 5.73 Å². The maximum Gasteiger partial charge on any atom is 0.306 e. The Kier molecular flexibility index (Phi) is 5.49. The van der Waals surface area contributed by atoms with Crippen LogP contribution in [0.5, 0.6) is 0 Å². The zero-order chi connectivity index (χ0) is 15.1. The second kappa shape index (κ2) is 7.57. The molecule has 0 fully saturated rings. The largest absolute Gasteiger partial charge is 0.481 e. The molecule has 21 heavy (non-hydrogen) atoms. The van der Waals surface area contributed by atoms with Crippen molar-refractivity contribution < 1.29 is 9.90 Å². The lowest BCUT2D eigenvalue weighted by Gasteiger charge is -2.11. The molecule has 0 heterocycles. The Bertz CT molecular complexity index is 567. The molecule has 1 atom stereocenters. The summed E-state index contributed by atoms with van der Waals surface area (Å²) in [6, 6.07) is 18.6. The van der Waals surface area contributed by atoms with Crippen molar-refractivity contribution in [3.8, 4) is 11.1 Å². The average molecular weight is 284 g/mol. The van der Waals surface area contributed by atoms with Crippen LogP contribution in [0.25, 0.3) is 11.1 Å². The lowest BCUT2D eigenvalue weighted by molar-refractivity contribution is -0.137. The summed E-state index contributed by atoms with van der Waals surface area (Å²) in [6.07, 6.45) is 0.265. The van der Waals surface area contributed by atoms with Gasteiger partial charge < -0.3 is 16.2 Å². The van der Waals surface area contributed by atoms with E-state index in [0.29, 0.717) is 6.54 Å². The molecular formula is C17H20N2O2. The van der Waals surface area contributed by atoms with Crippen molar-refractivity contribution in [2.45, 2.75) is 19.0 Å². The van der Waals surface area contributed by atoms with Crippen LogP contribution >= 0.6 is 0 Å².